The number of nitrogens with zero attached hydrogens (tertiary/aromatic N) is 1. The van der Waals surface area contributed by atoms with Crippen molar-refractivity contribution in [3.05, 3.63) is 83.9 Å². The van der Waals surface area contributed by atoms with E-state index < -0.39 is 15.9 Å². The summed E-state index contributed by atoms with van der Waals surface area (Å²) in [6, 6.07) is 19.4. The van der Waals surface area contributed by atoms with Gasteiger partial charge in [0.05, 0.1) is 17.7 Å². The van der Waals surface area contributed by atoms with E-state index in [0.717, 1.165) is 4.31 Å². The van der Waals surface area contributed by atoms with Gasteiger partial charge in [-0.2, -0.15) is 0 Å². The molecule has 1 N–H and O–H groups in total. The Balaban J connectivity index is 1.85. The molecule has 0 fully saturated rings. The van der Waals surface area contributed by atoms with Gasteiger partial charge in [0.2, 0.25) is 0 Å². The number of methoxy groups -OCH3 is 1. The summed E-state index contributed by atoms with van der Waals surface area (Å²) < 4.78 is 32.3. The summed E-state index contributed by atoms with van der Waals surface area (Å²) in [5.41, 5.74) is 1.84. The van der Waals surface area contributed by atoms with Gasteiger partial charge in [0.25, 0.3) is 15.9 Å². The summed E-state index contributed by atoms with van der Waals surface area (Å²) in [7, 11) is -0.875. The minimum Gasteiger partial charge on any atom is -0.497 e. The van der Waals surface area contributed by atoms with Gasteiger partial charge in [-0.1, -0.05) is 18.1 Å². The molecule has 0 aromatic heterocycles. The van der Waals surface area contributed by atoms with Gasteiger partial charge in [0.15, 0.2) is 0 Å². The molecule has 0 saturated carbocycles. The lowest BCUT2D eigenvalue weighted by Crippen LogP contribution is -2.26. The minimum atomic E-state index is -3.87. The molecular formula is C23H20N2O4S. The summed E-state index contributed by atoms with van der Waals surface area (Å²) in [6.45, 7) is 0. The van der Waals surface area contributed by atoms with Crippen molar-refractivity contribution >= 4 is 27.3 Å². The second kappa shape index (κ2) is 8.72. The second-order valence-corrected chi connectivity index (χ2v) is 8.35. The van der Waals surface area contributed by atoms with Crippen LogP contribution in [0.15, 0.2) is 77.7 Å². The monoisotopic (exact) mass is 420 g/mol. The van der Waals surface area contributed by atoms with Gasteiger partial charge in [0, 0.05) is 23.9 Å². The van der Waals surface area contributed by atoms with Crippen molar-refractivity contribution in [3.8, 4) is 18.1 Å². The van der Waals surface area contributed by atoms with Crippen LogP contribution in [-0.2, 0) is 10.0 Å². The Morgan fingerprint density at radius 2 is 1.73 bits per heavy atom. The smallest absolute Gasteiger partial charge is 0.264 e. The molecule has 0 radical (unpaired) electrons. The third-order valence-electron chi connectivity index (χ3n) is 4.48. The van der Waals surface area contributed by atoms with Crippen LogP contribution >= 0.6 is 0 Å². The second-order valence-electron chi connectivity index (χ2n) is 6.38. The predicted molar refractivity (Wildman–Crippen MR) is 117 cm³/mol. The number of carbonyl (C=O) groups excluding carboxylic acids is 1. The zero-order valence-corrected chi connectivity index (χ0v) is 17.3. The quantitative estimate of drug-likeness (QED) is 0.616. The molecule has 0 atom stereocenters. The molecule has 0 unspecified atom stereocenters. The Hall–Kier alpha value is -3.76. The Kier molecular flexibility index (Phi) is 6.09. The summed E-state index contributed by atoms with van der Waals surface area (Å²) in [6.07, 6.45) is 5.38. The number of hydrogen-bond donors (Lipinski definition) is 1. The Morgan fingerprint density at radius 3 is 2.40 bits per heavy atom. The number of carbonyl (C=O) groups is 1. The number of sulfonamides is 1. The fraction of sp³-hybridized carbons (Fsp3) is 0.0870. The molecule has 0 bridgehead atoms. The van der Waals surface area contributed by atoms with E-state index in [1.165, 1.54) is 32.4 Å². The first-order valence-corrected chi connectivity index (χ1v) is 10.4. The van der Waals surface area contributed by atoms with Gasteiger partial charge in [-0.25, -0.2) is 8.42 Å². The van der Waals surface area contributed by atoms with Crippen molar-refractivity contribution in [1.82, 2.24) is 0 Å². The van der Waals surface area contributed by atoms with Gasteiger partial charge in [-0.3, -0.25) is 9.10 Å². The molecular weight excluding hydrogens is 400 g/mol. The summed E-state index contributed by atoms with van der Waals surface area (Å²) in [5.74, 6) is 2.69. The normalized spacial score (nSPS) is 10.7. The lowest BCUT2D eigenvalue weighted by molar-refractivity contribution is 0.102. The number of ether oxygens (including phenoxy) is 1. The molecule has 0 spiro atoms. The van der Waals surface area contributed by atoms with Crippen molar-refractivity contribution in [2.24, 2.45) is 0 Å². The number of nitrogens with one attached hydrogen (secondary N) is 1. The number of hydrogen-bond acceptors (Lipinski definition) is 4. The first-order valence-electron chi connectivity index (χ1n) is 8.96. The maximum absolute atomic E-state index is 13.0. The van der Waals surface area contributed by atoms with Crippen LogP contribution in [-0.4, -0.2) is 28.5 Å². The first-order chi connectivity index (χ1) is 14.3. The predicted octanol–water partition coefficient (Wildman–Crippen LogP) is 3.75. The minimum absolute atomic E-state index is 0.00541. The number of rotatable bonds is 6. The van der Waals surface area contributed by atoms with Crippen molar-refractivity contribution in [1.29, 1.82) is 0 Å². The third-order valence-corrected chi connectivity index (χ3v) is 6.26. The lowest BCUT2D eigenvalue weighted by atomic mass is 10.2. The van der Waals surface area contributed by atoms with Crippen LogP contribution in [0.4, 0.5) is 11.4 Å². The van der Waals surface area contributed by atoms with Gasteiger partial charge in [-0.15, -0.1) is 6.42 Å². The molecule has 0 heterocycles. The maximum Gasteiger partial charge on any atom is 0.264 e. The molecule has 0 aliphatic rings. The standard InChI is InChI=1S/C23H20N2O4S/c1-4-17-7-5-9-19(15-17)24-23(26)18-8-6-10-22(16-18)30(27,28)25(2)20-11-13-21(29-3)14-12-20/h1,5-16H,2-3H3,(H,24,26). The molecule has 3 aromatic carbocycles. The average Bonchev–Trinajstić information content (AvgIpc) is 2.78. The SMILES string of the molecule is C#Cc1cccc(NC(=O)c2cccc(S(=O)(=O)N(C)c3ccc(OC)cc3)c2)c1. The van der Waals surface area contributed by atoms with Gasteiger partial charge >= 0.3 is 0 Å². The van der Waals surface area contributed by atoms with E-state index in [0.29, 0.717) is 22.7 Å². The zero-order valence-electron chi connectivity index (χ0n) is 16.5. The Bertz CT molecular complexity index is 1210. The number of benzene rings is 3. The molecule has 152 valence electrons. The number of terminal acetylenes is 1. The van der Waals surface area contributed by atoms with Crippen molar-refractivity contribution in [2.45, 2.75) is 4.90 Å². The van der Waals surface area contributed by atoms with Crippen LogP contribution in [0.25, 0.3) is 0 Å². The molecule has 3 aromatic rings. The third kappa shape index (κ3) is 4.45. The van der Waals surface area contributed by atoms with Crippen molar-refractivity contribution in [2.75, 3.05) is 23.8 Å². The van der Waals surface area contributed by atoms with E-state index >= 15 is 0 Å². The molecule has 1 amide bonds. The van der Waals surface area contributed by atoms with Crippen molar-refractivity contribution in [3.63, 3.8) is 0 Å². The van der Waals surface area contributed by atoms with Crippen LogP contribution in [0, 0.1) is 12.3 Å². The fourth-order valence-corrected chi connectivity index (χ4v) is 4.02. The highest BCUT2D eigenvalue weighted by Gasteiger charge is 2.22. The van der Waals surface area contributed by atoms with Crippen LogP contribution < -0.4 is 14.4 Å². The van der Waals surface area contributed by atoms with E-state index in [1.54, 1.807) is 54.6 Å². The number of amides is 1. The highest BCUT2D eigenvalue weighted by Crippen LogP contribution is 2.25. The Morgan fingerprint density at radius 1 is 1.03 bits per heavy atom. The molecule has 0 saturated heterocycles. The van der Waals surface area contributed by atoms with E-state index in [1.807, 2.05) is 0 Å². The van der Waals surface area contributed by atoms with Crippen molar-refractivity contribution < 1.29 is 17.9 Å². The summed E-state index contributed by atoms with van der Waals surface area (Å²) >= 11 is 0. The molecule has 0 aliphatic heterocycles. The van der Waals surface area contributed by atoms with E-state index in [-0.39, 0.29) is 10.5 Å². The van der Waals surface area contributed by atoms with Crippen LogP contribution in [0.1, 0.15) is 15.9 Å². The topological polar surface area (TPSA) is 75.7 Å². The zero-order chi connectivity index (χ0) is 21.7. The van der Waals surface area contributed by atoms with Crippen LogP contribution in [0.3, 0.4) is 0 Å². The highest BCUT2D eigenvalue weighted by atomic mass is 32.2. The van der Waals surface area contributed by atoms with Crippen LogP contribution in [0.2, 0.25) is 0 Å². The molecule has 3 rings (SSSR count). The van der Waals surface area contributed by atoms with Crippen LogP contribution in [0.5, 0.6) is 5.75 Å². The van der Waals surface area contributed by atoms with E-state index in [4.69, 9.17) is 11.2 Å². The largest absolute Gasteiger partial charge is 0.497 e. The van der Waals surface area contributed by atoms with E-state index in [9.17, 15) is 13.2 Å². The molecule has 7 heteroatoms. The lowest BCUT2D eigenvalue weighted by Gasteiger charge is -2.20. The highest BCUT2D eigenvalue weighted by molar-refractivity contribution is 7.92. The summed E-state index contributed by atoms with van der Waals surface area (Å²) in [4.78, 5) is 12.6. The van der Waals surface area contributed by atoms with Gasteiger partial charge in [-0.05, 0) is 60.7 Å². The molecule has 6 nitrogen and oxygen atoms in total. The molecule has 30 heavy (non-hydrogen) atoms. The number of anilines is 2. The first kappa shape index (κ1) is 21.0. The van der Waals surface area contributed by atoms with E-state index in [2.05, 4.69) is 11.2 Å². The maximum atomic E-state index is 13.0. The van der Waals surface area contributed by atoms with Gasteiger partial charge < -0.3 is 10.1 Å². The summed E-state index contributed by atoms with van der Waals surface area (Å²) in [5, 5.41) is 2.73. The van der Waals surface area contributed by atoms with Gasteiger partial charge in [0.1, 0.15) is 5.75 Å². The molecule has 0 aliphatic carbocycles. The average molecular weight is 420 g/mol. The fourth-order valence-electron chi connectivity index (χ4n) is 2.78. The Labute approximate surface area is 176 Å².